The van der Waals surface area contributed by atoms with Crippen molar-refractivity contribution in [2.24, 2.45) is 5.73 Å². The van der Waals surface area contributed by atoms with Crippen LogP contribution >= 0.6 is 0 Å². The van der Waals surface area contributed by atoms with E-state index >= 15 is 0 Å². The Balaban J connectivity index is 2.78. The van der Waals surface area contributed by atoms with E-state index in [1.165, 1.54) is 12.1 Å². The molecular weight excluding hydrogens is 259 g/mol. The summed E-state index contributed by atoms with van der Waals surface area (Å²) in [6.45, 7) is 4.19. The number of carbonyl (C=O) groups excluding carboxylic acids is 1. The van der Waals surface area contributed by atoms with E-state index in [-0.39, 0.29) is 23.6 Å². The number of hydrogen-bond donors (Lipinski definition) is 2. The van der Waals surface area contributed by atoms with Crippen molar-refractivity contribution in [1.82, 2.24) is 5.32 Å². The second-order valence-corrected chi connectivity index (χ2v) is 4.85. The molecule has 108 valence electrons. The van der Waals surface area contributed by atoms with E-state index in [9.17, 15) is 9.18 Å². The van der Waals surface area contributed by atoms with E-state index in [0.717, 1.165) is 6.07 Å². The van der Waals surface area contributed by atoms with Gasteiger partial charge in [0.05, 0.1) is 17.7 Å². The van der Waals surface area contributed by atoms with Gasteiger partial charge in [0.15, 0.2) is 0 Å². The van der Waals surface area contributed by atoms with Crippen molar-refractivity contribution in [1.29, 1.82) is 0 Å². The Labute approximate surface area is 118 Å². The number of halogens is 1. The number of carbonyl (C=O) groups is 1. The monoisotopic (exact) mass is 278 g/mol. The Morgan fingerprint density at radius 1 is 1.50 bits per heavy atom. The van der Waals surface area contributed by atoms with Gasteiger partial charge < -0.3 is 15.8 Å². The van der Waals surface area contributed by atoms with Crippen molar-refractivity contribution < 1.29 is 13.9 Å². The maximum absolute atomic E-state index is 13.7. The summed E-state index contributed by atoms with van der Waals surface area (Å²) in [7, 11) is 1.57. The molecule has 0 bridgehead atoms. The maximum Gasteiger partial charge on any atom is 0.251 e. The van der Waals surface area contributed by atoms with Crippen LogP contribution in [0.5, 0.6) is 0 Å². The topological polar surface area (TPSA) is 64.3 Å². The summed E-state index contributed by atoms with van der Waals surface area (Å²) in [5, 5.41) is 2.69. The molecule has 0 radical (unpaired) electrons. The second kappa shape index (κ2) is 7.04. The molecule has 0 aliphatic carbocycles. The summed E-state index contributed by atoms with van der Waals surface area (Å²) in [5.74, 6) is 4.28. The molecule has 0 saturated heterocycles. The van der Waals surface area contributed by atoms with Gasteiger partial charge in [-0.25, -0.2) is 4.39 Å². The molecule has 1 aromatic carbocycles. The Morgan fingerprint density at radius 3 is 2.75 bits per heavy atom. The van der Waals surface area contributed by atoms with Crippen molar-refractivity contribution >= 4 is 5.91 Å². The number of hydrogen-bond acceptors (Lipinski definition) is 3. The first-order valence-electron chi connectivity index (χ1n) is 6.21. The third-order valence-corrected chi connectivity index (χ3v) is 2.78. The minimum absolute atomic E-state index is 0.160. The predicted molar refractivity (Wildman–Crippen MR) is 75.8 cm³/mol. The number of amides is 1. The van der Waals surface area contributed by atoms with E-state index in [1.807, 2.05) is 13.8 Å². The van der Waals surface area contributed by atoms with Crippen molar-refractivity contribution in [3.05, 3.63) is 35.1 Å². The zero-order chi connectivity index (χ0) is 15.2. The number of nitrogens with one attached hydrogen (secondary N) is 1. The molecule has 0 unspecified atom stereocenters. The van der Waals surface area contributed by atoms with Gasteiger partial charge in [0.25, 0.3) is 5.91 Å². The normalized spacial score (nSPS) is 10.7. The van der Waals surface area contributed by atoms with Gasteiger partial charge in [-0.2, -0.15) is 0 Å². The molecule has 0 atom stereocenters. The van der Waals surface area contributed by atoms with Gasteiger partial charge in [0, 0.05) is 19.2 Å². The van der Waals surface area contributed by atoms with Gasteiger partial charge in [-0.05, 0) is 32.0 Å². The molecule has 1 amide bonds. The molecule has 0 saturated carbocycles. The molecule has 0 spiro atoms. The van der Waals surface area contributed by atoms with Crippen LogP contribution in [0, 0.1) is 17.7 Å². The summed E-state index contributed by atoms with van der Waals surface area (Å²) in [4.78, 5) is 11.9. The molecule has 0 heterocycles. The average Bonchev–Trinajstić information content (AvgIpc) is 2.43. The zero-order valence-corrected chi connectivity index (χ0v) is 11.9. The minimum Gasteiger partial charge on any atom is -0.377 e. The number of ether oxygens (including phenoxy) is 1. The van der Waals surface area contributed by atoms with Crippen LogP contribution in [0.1, 0.15) is 29.8 Å². The standard InChI is InChI=1S/C15H19FN2O2/c1-15(2,20-3)10-18-14(19)12-7-6-11(5-4-8-17)13(16)9-12/h6-7,9H,8,10,17H2,1-3H3,(H,18,19). The second-order valence-electron chi connectivity index (χ2n) is 4.85. The van der Waals surface area contributed by atoms with Crippen LogP contribution in [0.25, 0.3) is 0 Å². The Hall–Kier alpha value is -1.90. The zero-order valence-electron chi connectivity index (χ0n) is 11.9. The van der Waals surface area contributed by atoms with Crippen molar-refractivity contribution in [3.8, 4) is 11.8 Å². The summed E-state index contributed by atoms with van der Waals surface area (Å²) >= 11 is 0. The smallest absolute Gasteiger partial charge is 0.251 e. The molecule has 20 heavy (non-hydrogen) atoms. The summed E-state index contributed by atoms with van der Waals surface area (Å²) in [5.41, 5.74) is 5.22. The predicted octanol–water partition coefficient (Wildman–Crippen LogP) is 1.29. The van der Waals surface area contributed by atoms with E-state index in [0.29, 0.717) is 6.54 Å². The third kappa shape index (κ3) is 4.65. The molecule has 5 heteroatoms. The van der Waals surface area contributed by atoms with Crippen LogP contribution in [0.4, 0.5) is 4.39 Å². The molecule has 0 aliphatic rings. The number of methoxy groups -OCH3 is 1. The van der Waals surface area contributed by atoms with Gasteiger partial charge in [-0.3, -0.25) is 4.79 Å². The van der Waals surface area contributed by atoms with E-state index in [1.54, 1.807) is 7.11 Å². The Bertz CT molecular complexity index is 545. The van der Waals surface area contributed by atoms with E-state index < -0.39 is 11.4 Å². The molecule has 0 fully saturated rings. The van der Waals surface area contributed by atoms with Crippen LogP contribution in [0.3, 0.4) is 0 Å². The van der Waals surface area contributed by atoms with Crippen molar-refractivity contribution in [2.45, 2.75) is 19.4 Å². The average molecular weight is 278 g/mol. The number of nitrogens with two attached hydrogens (primary N) is 1. The van der Waals surface area contributed by atoms with Crippen LogP contribution < -0.4 is 11.1 Å². The highest BCUT2D eigenvalue weighted by atomic mass is 19.1. The van der Waals surface area contributed by atoms with Gasteiger partial charge >= 0.3 is 0 Å². The van der Waals surface area contributed by atoms with Crippen LogP contribution in [0.2, 0.25) is 0 Å². The summed E-state index contributed by atoms with van der Waals surface area (Å²) in [6, 6.07) is 4.16. The molecule has 0 aliphatic heterocycles. The lowest BCUT2D eigenvalue weighted by Crippen LogP contribution is -2.39. The van der Waals surface area contributed by atoms with E-state index in [4.69, 9.17) is 10.5 Å². The summed E-state index contributed by atoms with van der Waals surface area (Å²) in [6.07, 6.45) is 0. The van der Waals surface area contributed by atoms with Crippen molar-refractivity contribution in [2.75, 3.05) is 20.2 Å². The highest BCUT2D eigenvalue weighted by Gasteiger charge is 2.18. The Kier molecular flexibility index (Phi) is 5.68. The fraction of sp³-hybridized carbons (Fsp3) is 0.400. The molecule has 1 aromatic rings. The first-order valence-corrected chi connectivity index (χ1v) is 6.21. The lowest BCUT2D eigenvalue weighted by Gasteiger charge is -2.23. The molecule has 3 N–H and O–H groups in total. The highest BCUT2D eigenvalue weighted by Crippen LogP contribution is 2.10. The number of rotatable bonds is 4. The lowest BCUT2D eigenvalue weighted by molar-refractivity contribution is 0.0228. The molecule has 1 rings (SSSR count). The fourth-order valence-electron chi connectivity index (χ4n) is 1.37. The fourth-order valence-corrected chi connectivity index (χ4v) is 1.37. The maximum atomic E-state index is 13.7. The van der Waals surface area contributed by atoms with Gasteiger partial charge in [-0.1, -0.05) is 11.8 Å². The quantitative estimate of drug-likeness (QED) is 0.816. The van der Waals surface area contributed by atoms with Crippen LogP contribution in [-0.4, -0.2) is 31.7 Å². The van der Waals surface area contributed by atoms with Crippen molar-refractivity contribution in [3.63, 3.8) is 0 Å². The first kappa shape index (κ1) is 16.2. The van der Waals surface area contributed by atoms with Gasteiger partial charge in [-0.15, -0.1) is 0 Å². The first-order chi connectivity index (χ1) is 9.39. The molecular formula is C15H19FN2O2. The lowest BCUT2D eigenvalue weighted by atomic mass is 10.1. The van der Waals surface area contributed by atoms with Gasteiger partial charge in [0.1, 0.15) is 5.82 Å². The van der Waals surface area contributed by atoms with E-state index in [2.05, 4.69) is 17.2 Å². The minimum atomic E-state index is -0.537. The highest BCUT2D eigenvalue weighted by molar-refractivity contribution is 5.94. The van der Waals surface area contributed by atoms with Gasteiger partial charge in [0.2, 0.25) is 0 Å². The van der Waals surface area contributed by atoms with Crippen LogP contribution in [0.15, 0.2) is 18.2 Å². The third-order valence-electron chi connectivity index (χ3n) is 2.78. The largest absolute Gasteiger partial charge is 0.377 e. The molecule has 4 nitrogen and oxygen atoms in total. The Morgan fingerprint density at radius 2 is 2.20 bits per heavy atom. The number of benzene rings is 1. The SMILES string of the molecule is COC(C)(C)CNC(=O)c1ccc(C#CCN)c(F)c1. The molecule has 0 aromatic heterocycles. The summed E-state index contributed by atoms with van der Waals surface area (Å²) < 4.78 is 18.9. The van der Waals surface area contributed by atoms with Crippen LogP contribution in [-0.2, 0) is 4.74 Å².